The van der Waals surface area contributed by atoms with Crippen LogP contribution in [0.2, 0.25) is 5.02 Å². The Bertz CT molecular complexity index is 599. The molecule has 0 radical (unpaired) electrons. The predicted molar refractivity (Wildman–Crippen MR) is 99.8 cm³/mol. The van der Waals surface area contributed by atoms with Crippen LogP contribution in [0.4, 0.5) is 0 Å². The molecule has 0 atom stereocenters. The fraction of sp³-hybridized carbons (Fsp3) is 0.500. The van der Waals surface area contributed by atoms with E-state index in [9.17, 15) is 9.59 Å². The summed E-state index contributed by atoms with van der Waals surface area (Å²) in [6.45, 7) is 3.91. The first kappa shape index (κ1) is 23.3. The van der Waals surface area contributed by atoms with E-state index in [1.165, 1.54) is 19.2 Å². The SMILES string of the molecule is CCC(CC)(CN)NC(=O)c1cc(Cl)c(OCC(N)=O)c(OC)c1.Cl. The maximum absolute atomic E-state index is 12.5. The van der Waals surface area contributed by atoms with Crippen molar-refractivity contribution in [3.05, 3.63) is 22.7 Å². The molecule has 0 aliphatic carbocycles. The quantitative estimate of drug-likeness (QED) is 0.591. The second kappa shape index (κ2) is 10.3. The minimum atomic E-state index is -0.645. The highest BCUT2D eigenvalue weighted by molar-refractivity contribution is 6.32. The first-order chi connectivity index (χ1) is 11.3. The van der Waals surface area contributed by atoms with Gasteiger partial charge in [0.15, 0.2) is 18.1 Å². The van der Waals surface area contributed by atoms with E-state index in [0.717, 1.165) is 0 Å². The van der Waals surface area contributed by atoms with E-state index in [0.29, 0.717) is 24.9 Å². The first-order valence-corrected chi connectivity index (χ1v) is 8.01. The second-order valence-electron chi connectivity index (χ2n) is 5.39. The molecule has 5 N–H and O–H groups in total. The maximum atomic E-state index is 12.5. The highest BCUT2D eigenvalue weighted by atomic mass is 35.5. The van der Waals surface area contributed by atoms with Crippen molar-refractivity contribution in [3.63, 3.8) is 0 Å². The molecule has 0 aromatic heterocycles. The van der Waals surface area contributed by atoms with Gasteiger partial charge in [-0.1, -0.05) is 25.4 Å². The summed E-state index contributed by atoms with van der Waals surface area (Å²) in [7, 11) is 1.41. The number of primary amides is 1. The number of hydrogen-bond donors (Lipinski definition) is 3. The third kappa shape index (κ3) is 5.95. The molecule has 25 heavy (non-hydrogen) atoms. The van der Waals surface area contributed by atoms with Crippen molar-refractivity contribution in [2.24, 2.45) is 11.5 Å². The van der Waals surface area contributed by atoms with Gasteiger partial charge >= 0.3 is 0 Å². The average Bonchev–Trinajstić information content (AvgIpc) is 2.57. The molecule has 0 bridgehead atoms. The zero-order chi connectivity index (χ0) is 18.3. The molecule has 7 nitrogen and oxygen atoms in total. The van der Waals surface area contributed by atoms with Crippen LogP contribution in [0.25, 0.3) is 0 Å². The molecule has 9 heteroatoms. The van der Waals surface area contributed by atoms with Crippen molar-refractivity contribution in [2.45, 2.75) is 32.2 Å². The van der Waals surface area contributed by atoms with Crippen LogP contribution < -0.4 is 26.3 Å². The molecule has 0 aliphatic heterocycles. The molecule has 0 saturated carbocycles. The first-order valence-electron chi connectivity index (χ1n) is 7.63. The van der Waals surface area contributed by atoms with Gasteiger partial charge in [-0.05, 0) is 25.0 Å². The topological polar surface area (TPSA) is 117 Å². The lowest BCUT2D eigenvalue weighted by Crippen LogP contribution is -2.52. The number of hydrogen-bond acceptors (Lipinski definition) is 5. The lowest BCUT2D eigenvalue weighted by molar-refractivity contribution is -0.119. The highest BCUT2D eigenvalue weighted by Crippen LogP contribution is 2.36. The van der Waals surface area contributed by atoms with Gasteiger partial charge < -0.3 is 26.3 Å². The minimum Gasteiger partial charge on any atom is -0.493 e. The molecule has 0 heterocycles. The van der Waals surface area contributed by atoms with Crippen LogP contribution in [0.5, 0.6) is 11.5 Å². The summed E-state index contributed by atoms with van der Waals surface area (Å²) in [5.41, 5.74) is 10.7. The molecular weight excluding hydrogens is 369 g/mol. The molecule has 0 unspecified atom stereocenters. The van der Waals surface area contributed by atoms with Gasteiger partial charge in [0, 0.05) is 12.1 Å². The highest BCUT2D eigenvalue weighted by Gasteiger charge is 2.27. The van der Waals surface area contributed by atoms with Crippen LogP contribution in [0.1, 0.15) is 37.0 Å². The van der Waals surface area contributed by atoms with Crippen LogP contribution in [0, 0.1) is 0 Å². The van der Waals surface area contributed by atoms with E-state index in [1.54, 1.807) is 0 Å². The summed E-state index contributed by atoms with van der Waals surface area (Å²) in [5, 5.41) is 3.10. The number of nitrogens with one attached hydrogen (secondary N) is 1. The molecule has 0 spiro atoms. The van der Waals surface area contributed by atoms with E-state index in [4.69, 9.17) is 32.5 Å². The summed E-state index contributed by atoms with van der Waals surface area (Å²) in [5.74, 6) is -0.565. The van der Waals surface area contributed by atoms with Crippen molar-refractivity contribution >= 4 is 35.8 Å². The molecule has 142 valence electrons. The molecule has 1 aromatic rings. The summed E-state index contributed by atoms with van der Waals surface area (Å²) in [4.78, 5) is 23.4. The molecule has 2 amide bonds. The Hall–Kier alpha value is -1.70. The van der Waals surface area contributed by atoms with E-state index in [1.807, 2.05) is 13.8 Å². The third-order valence-electron chi connectivity index (χ3n) is 3.97. The van der Waals surface area contributed by atoms with Crippen LogP contribution >= 0.6 is 24.0 Å². The van der Waals surface area contributed by atoms with E-state index in [2.05, 4.69) is 5.32 Å². The second-order valence-corrected chi connectivity index (χ2v) is 5.80. The lowest BCUT2D eigenvalue weighted by Gasteiger charge is -2.31. The van der Waals surface area contributed by atoms with Crippen LogP contribution in [0.3, 0.4) is 0 Å². The fourth-order valence-electron chi connectivity index (χ4n) is 2.21. The Kier molecular flexibility index (Phi) is 9.62. The number of benzene rings is 1. The minimum absolute atomic E-state index is 0. The Balaban J connectivity index is 0.00000576. The van der Waals surface area contributed by atoms with Crippen molar-refractivity contribution in [1.29, 1.82) is 0 Å². The standard InChI is InChI=1S/C16H24ClN3O4.ClH/c1-4-16(5-2,9-18)20-15(22)10-6-11(17)14(12(7-10)23-3)24-8-13(19)21;/h6-7H,4-5,8-9,18H2,1-3H3,(H2,19,21)(H,20,22);1H. The summed E-state index contributed by atoms with van der Waals surface area (Å²) < 4.78 is 10.4. The number of nitrogens with two attached hydrogens (primary N) is 2. The number of carbonyl (C=O) groups excluding carboxylic acids is 2. The molecule has 1 aromatic carbocycles. The Morgan fingerprint density at radius 2 is 1.88 bits per heavy atom. The Morgan fingerprint density at radius 1 is 1.28 bits per heavy atom. The van der Waals surface area contributed by atoms with E-state index in [-0.39, 0.29) is 41.4 Å². The zero-order valence-corrected chi connectivity index (χ0v) is 16.1. The maximum Gasteiger partial charge on any atom is 0.255 e. The van der Waals surface area contributed by atoms with Crippen molar-refractivity contribution < 1.29 is 19.1 Å². The Labute approximate surface area is 158 Å². The molecular formula is C16H25Cl2N3O4. The third-order valence-corrected chi connectivity index (χ3v) is 4.25. The summed E-state index contributed by atoms with van der Waals surface area (Å²) in [6, 6.07) is 2.94. The average molecular weight is 394 g/mol. The van der Waals surface area contributed by atoms with Gasteiger partial charge in [0.25, 0.3) is 11.8 Å². The lowest BCUT2D eigenvalue weighted by atomic mass is 9.92. The largest absolute Gasteiger partial charge is 0.493 e. The number of halogens is 2. The van der Waals surface area contributed by atoms with Gasteiger partial charge in [-0.3, -0.25) is 9.59 Å². The molecule has 0 saturated heterocycles. The number of carbonyl (C=O) groups is 2. The number of amides is 2. The zero-order valence-electron chi connectivity index (χ0n) is 14.6. The van der Waals surface area contributed by atoms with Crippen molar-refractivity contribution in [2.75, 3.05) is 20.3 Å². The van der Waals surface area contributed by atoms with E-state index >= 15 is 0 Å². The van der Waals surface area contributed by atoms with E-state index < -0.39 is 11.4 Å². The van der Waals surface area contributed by atoms with Crippen LogP contribution in [-0.4, -0.2) is 37.6 Å². The number of rotatable bonds is 9. The van der Waals surface area contributed by atoms with Crippen molar-refractivity contribution in [3.8, 4) is 11.5 Å². The van der Waals surface area contributed by atoms with Gasteiger partial charge in [-0.25, -0.2) is 0 Å². The van der Waals surface area contributed by atoms with Gasteiger partial charge in [0.2, 0.25) is 0 Å². The molecule has 0 aliphatic rings. The normalized spacial score (nSPS) is 10.6. The van der Waals surface area contributed by atoms with Gasteiger partial charge in [0.1, 0.15) is 0 Å². The smallest absolute Gasteiger partial charge is 0.255 e. The summed E-state index contributed by atoms with van der Waals surface area (Å²) >= 11 is 6.15. The van der Waals surface area contributed by atoms with Gasteiger partial charge in [-0.2, -0.15) is 0 Å². The predicted octanol–water partition coefficient (Wildman–Crippen LogP) is 1.88. The summed E-state index contributed by atoms with van der Waals surface area (Å²) in [6.07, 6.45) is 1.41. The Morgan fingerprint density at radius 3 is 2.32 bits per heavy atom. The molecule has 1 rings (SSSR count). The fourth-order valence-corrected chi connectivity index (χ4v) is 2.48. The monoisotopic (exact) mass is 393 g/mol. The number of methoxy groups -OCH3 is 1. The van der Waals surface area contributed by atoms with Gasteiger partial charge in [0.05, 0.1) is 17.7 Å². The molecule has 0 fully saturated rings. The van der Waals surface area contributed by atoms with Crippen molar-refractivity contribution in [1.82, 2.24) is 5.32 Å². The van der Waals surface area contributed by atoms with Crippen LogP contribution in [-0.2, 0) is 4.79 Å². The van der Waals surface area contributed by atoms with Gasteiger partial charge in [-0.15, -0.1) is 12.4 Å². The van der Waals surface area contributed by atoms with Crippen LogP contribution in [0.15, 0.2) is 12.1 Å². The number of ether oxygens (including phenoxy) is 2.